The number of nitrogens with one attached hydrogen (secondary N) is 1. The number of nitrogens with zero attached hydrogens (tertiary/aromatic N) is 1. The van der Waals surface area contributed by atoms with Crippen LogP contribution in [0.4, 0.5) is 0 Å². The number of hydrazine groups is 1. The van der Waals surface area contributed by atoms with Crippen LogP contribution >= 0.6 is 11.9 Å². The van der Waals surface area contributed by atoms with Crippen molar-refractivity contribution >= 4 is 11.9 Å². The van der Waals surface area contributed by atoms with Crippen molar-refractivity contribution in [2.75, 3.05) is 6.54 Å². The fourth-order valence-electron chi connectivity index (χ4n) is 0.344. The monoisotopic (exact) mass is 122 g/mol. The molecule has 1 unspecified atom stereocenters. The molecule has 3 N–H and O–H groups in total. The normalized spacial score (nSPS) is 34.3. The molecule has 42 valence electrons. The van der Waals surface area contributed by atoms with E-state index in [0.717, 1.165) is 17.1 Å². The highest BCUT2D eigenvalue weighted by Gasteiger charge is 2.17. The van der Waals surface area contributed by atoms with E-state index < -0.39 is 5.44 Å². The third kappa shape index (κ3) is 1.29. The quantitative estimate of drug-likeness (QED) is 0.366. The lowest BCUT2D eigenvalue weighted by Crippen LogP contribution is -2.24. The summed E-state index contributed by atoms with van der Waals surface area (Å²) in [5.41, 5.74) is -0.495. The highest BCUT2D eigenvalue weighted by atomic mass is 32.2. The van der Waals surface area contributed by atoms with E-state index in [1.807, 2.05) is 0 Å². The van der Waals surface area contributed by atoms with Gasteiger partial charge in [-0.15, -0.1) is 5.17 Å². The van der Waals surface area contributed by atoms with E-state index in [2.05, 4.69) is 4.83 Å². The molecule has 5 heteroatoms. The van der Waals surface area contributed by atoms with Crippen molar-refractivity contribution in [3.63, 3.8) is 0 Å². The van der Waals surface area contributed by atoms with Crippen LogP contribution in [-0.2, 0) is 0 Å². The van der Waals surface area contributed by atoms with Crippen LogP contribution in [0.15, 0.2) is 0 Å². The van der Waals surface area contributed by atoms with Gasteiger partial charge in [0, 0.05) is 0 Å². The van der Waals surface area contributed by atoms with Crippen molar-refractivity contribution in [2.24, 2.45) is 0 Å². The minimum atomic E-state index is -0.495. The summed E-state index contributed by atoms with van der Waals surface area (Å²) in [7, 11) is 0. The first-order valence-corrected chi connectivity index (χ1v) is 2.73. The van der Waals surface area contributed by atoms with Crippen molar-refractivity contribution in [3.05, 3.63) is 0 Å². The number of hydrogen-bond acceptors (Lipinski definition) is 5. The Hall–Kier alpha value is 0.190. The molecule has 0 aliphatic carbocycles. The van der Waals surface area contributed by atoms with Crippen LogP contribution < -0.4 is 4.83 Å². The van der Waals surface area contributed by atoms with E-state index in [9.17, 15) is 0 Å². The highest BCUT2D eigenvalue weighted by molar-refractivity contribution is 7.98. The lowest BCUT2D eigenvalue weighted by Gasteiger charge is -1.99. The van der Waals surface area contributed by atoms with Crippen LogP contribution in [0.2, 0.25) is 0 Å². The van der Waals surface area contributed by atoms with Gasteiger partial charge in [0.2, 0.25) is 0 Å². The molecular formula is C2H6N2O2S. The second-order valence-corrected chi connectivity index (χ2v) is 2.21. The van der Waals surface area contributed by atoms with E-state index in [4.69, 9.17) is 10.3 Å². The van der Waals surface area contributed by atoms with Crippen molar-refractivity contribution in [3.8, 4) is 0 Å². The topological polar surface area (TPSA) is 55.7 Å². The van der Waals surface area contributed by atoms with Crippen LogP contribution in [0.25, 0.3) is 0 Å². The minimum Gasteiger partial charge on any atom is -0.380 e. The van der Waals surface area contributed by atoms with Crippen LogP contribution in [0.1, 0.15) is 0 Å². The number of hydroxylamine groups is 1. The van der Waals surface area contributed by atoms with Gasteiger partial charge in [0.25, 0.3) is 0 Å². The molecule has 0 radical (unpaired) electrons. The molecule has 1 atom stereocenters. The maximum Gasteiger partial charge on any atom is 0.131 e. The van der Waals surface area contributed by atoms with Gasteiger partial charge >= 0.3 is 0 Å². The SMILES string of the molecule is OC1CN(O)NS1. The van der Waals surface area contributed by atoms with Gasteiger partial charge in [0.05, 0.1) is 6.54 Å². The Morgan fingerprint density at radius 2 is 2.57 bits per heavy atom. The van der Waals surface area contributed by atoms with Crippen molar-refractivity contribution < 1.29 is 10.3 Å². The third-order valence-corrected chi connectivity index (χ3v) is 1.36. The number of hydrogen-bond donors (Lipinski definition) is 3. The summed E-state index contributed by atoms with van der Waals surface area (Å²) in [6.45, 7) is 0.269. The van der Waals surface area contributed by atoms with Crippen LogP contribution in [0, 0.1) is 0 Å². The van der Waals surface area contributed by atoms with Crippen LogP contribution in [0.5, 0.6) is 0 Å². The fraction of sp³-hybridized carbons (Fsp3) is 1.00. The van der Waals surface area contributed by atoms with E-state index in [1.54, 1.807) is 0 Å². The van der Waals surface area contributed by atoms with Crippen molar-refractivity contribution in [1.29, 1.82) is 0 Å². The Balaban J connectivity index is 2.26. The predicted octanol–water partition coefficient (Wildman–Crippen LogP) is -0.838. The molecule has 1 aliphatic rings. The van der Waals surface area contributed by atoms with Crippen LogP contribution in [0.3, 0.4) is 0 Å². The Kier molecular flexibility index (Phi) is 1.50. The third-order valence-electron chi connectivity index (χ3n) is 0.623. The summed E-state index contributed by atoms with van der Waals surface area (Å²) in [4.78, 5) is 2.42. The molecule has 0 aromatic heterocycles. The molecule has 0 aromatic carbocycles. The van der Waals surface area contributed by atoms with E-state index in [-0.39, 0.29) is 6.54 Å². The van der Waals surface area contributed by atoms with Crippen molar-refractivity contribution in [1.82, 2.24) is 10.0 Å². The largest absolute Gasteiger partial charge is 0.380 e. The van der Waals surface area contributed by atoms with Gasteiger partial charge in [-0.05, 0) is 11.9 Å². The summed E-state index contributed by atoms with van der Waals surface area (Å²) in [6.07, 6.45) is 0. The number of aliphatic hydroxyl groups excluding tert-OH is 1. The van der Waals surface area contributed by atoms with E-state index >= 15 is 0 Å². The first-order chi connectivity index (χ1) is 3.29. The molecule has 1 fully saturated rings. The maximum absolute atomic E-state index is 8.60. The number of β-amino-alcohol motifs (C(OH)–C–C–N with tert-alkyl or cyclic N) is 1. The molecule has 0 spiro atoms. The number of aliphatic hydroxyl groups is 1. The zero-order valence-corrected chi connectivity index (χ0v) is 4.35. The summed E-state index contributed by atoms with van der Waals surface area (Å²) in [6, 6.07) is 0. The summed E-state index contributed by atoms with van der Waals surface area (Å²) in [5.74, 6) is 0. The molecule has 0 aromatic rings. The second kappa shape index (κ2) is 1.97. The second-order valence-electron chi connectivity index (χ2n) is 1.25. The average molecular weight is 122 g/mol. The number of rotatable bonds is 0. The predicted molar refractivity (Wildman–Crippen MR) is 25.2 cm³/mol. The molecular weight excluding hydrogens is 116 g/mol. The lowest BCUT2D eigenvalue weighted by atomic mass is 10.7. The zero-order valence-electron chi connectivity index (χ0n) is 3.53. The first-order valence-electron chi connectivity index (χ1n) is 1.85. The first kappa shape index (κ1) is 5.33. The standard InChI is InChI=1S/C2H6N2O2S/c5-2-1-4(6)3-7-2/h2-3,5-6H,1H2. The van der Waals surface area contributed by atoms with Gasteiger partial charge < -0.3 is 5.11 Å². The molecule has 7 heavy (non-hydrogen) atoms. The average Bonchev–Trinajstić information content (AvgIpc) is 1.87. The highest BCUT2D eigenvalue weighted by Crippen LogP contribution is 2.10. The molecule has 1 rings (SSSR count). The van der Waals surface area contributed by atoms with Crippen molar-refractivity contribution in [2.45, 2.75) is 5.44 Å². The molecule has 4 nitrogen and oxygen atoms in total. The summed E-state index contributed by atoms with van der Waals surface area (Å²) < 4.78 is 0. The smallest absolute Gasteiger partial charge is 0.131 e. The Morgan fingerprint density at radius 3 is 2.71 bits per heavy atom. The maximum atomic E-state index is 8.60. The van der Waals surface area contributed by atoms with Gasteiger partial charge in [-0.1, -0.05) is 0 Å². The molecule has 0 amide bonds. The molecule has 1 heterocycles. The Bertz CT molecular complexity index is 62.7. The van der Waals surface area contributed by atoms with Crippen LogP contribution in [-0.4, -0.2) is 27.5 Å². The minimum absolute atomic E-state index is 0.269. The fourth-order valence-corrected chi connectivity index (χ4v) is 0.878. The summed E-state index contributed by atoms with van der Waals surface area (Å²) in [5, 5.41) is 17.9. The molecule has 0 bridgehead atoms. The molecule has 1 aliphatic heterocycles. The van der Waals surface area contributed by atoms with E-state index in [0.29, 0.717) is 0 Å². The van der Waals surface area contributed by atoms with E-state index in [1.165, 1.54) is 0 Å². The molecule has 0 saturated carbocycles. The summed E-state index contributed by atoms with van der Waals surface area (Å²) >= 11 is 1.09. The Morgan fingerprint density at radius 1 is 1.86 bits per heavy atom. The zero-order chi connectivity index (χ0) is 5.28. The molecule has 1 saturated heterocycles. The van der Waals surface area contributed by atoms with Gasteiger partial charge in [0.1, 0.15) is 5.44 Å². The van der Waals surface area contributed by atoms with Gasteiger partial charge in [-0.2, -0.15) is 4.83 Å². The Labute approximate surface area is 45.2 Å². The van der Waals surface area contributed by atoms with Gasteiger partial charge in [-0.25, -0.2) is 0 Å². The lowest BCUT2D eigenvalue weighted by molar-refractivity contribution is -0.109. The van der Waals surface area contributed by atoms with Gasteiger partial charge in [-0.3, -0.25) is 5.21 Å². The van der Waals surface area contributed by atoms with Gasteiger partial charge in [0.15, 0.2) is 0 Å².